The van der Waals surface area contributed by atoms with E-state index < -0.39 is 28.1 Å². The number of carboxylic acids is 1. The second kappa shape index (κ2) is 5.96. The molecule has 0 spiro atoms. The molecular formula is C13H13FN2O3S. The summed E-state index contributed by atoms with van der Waals surface area (Å²) in [6, 6.07) is 3.46. The minimum atomic E-state index is -1.44. The Hall–Kier alpha value is -2.02. The van der Waals surface area contributed by atoms with Gasteiger partial charge < -0.3 is 5.11 Å². The molecule has 0 aliphatic carbocycles. The molecule has 2 aromatic rings. The van der Waals surface area contributed by atoms with Crippen LogP contribution < -0.4 is 0 Å². The van der Waals surface area contributed by atoms with E-state index in [1.165, 1.54) is 6.07 Å². The molecular weight excluding hydrogens is 283 g/mol. The van der Waals surface area contributed by atoms with E-state index >= 15 is 0 Å². The third-order valence-electron chi connectivity index (χ3n) is 2.74. The largest absolute Gasteiger partial charge is 0.478 e. The van der Waals surface area contributed by atoms with Crippen molar-refractivity contribution in [2.24, 2.45) is 0 Å². The lowest BCUT2D eigenvalue weighted by atomic mass is 10.2. The second-order valence-electron chi connectivity index (χ2n) is 4.14. The van der Waals surface area contributed by atoms with Gasteiger partial charge in [0, 0.05) is 23.2 Å². The summed E-state index contributed by atoms with van der Waals surface area (Å²) in [5.41, 5.74) is 0.312. The summed E-state index contributed by atoms with van der Waals surface area (Å²) in [6.07, 6.45) is 3.39. The first kappa shape index (κ1) is 14.4. The van der Waals surface area contributed by atoms with Crippen LogP contribution in [0.2, 0.25) is 0 Å². The second-order valence-corrected chi connectivity index (χ2v) is 5.59. The average Bonchev–Trinajstić information content (AvgIpc) is 2.86. The van der Waals surface area contributed by atoms with Crippen molar-refractivity contribution in [1.82, 2.24) is 9.78 Å². The van der Waals surface area contributed by atoms with E-state index in [2.05, 4.69) is 5.10 Å². The van der Waals surface area contributed by atoms with Crippen LogP contribution in [0.5, 0.6) is 0 Å². The topological polar surface area (TPSA) is 72.2 Å². The van der Waals surface area contributed by atoms with Crippen LogP contribution in [-0.2, 0) is 23.1 Å². The van der Waals surface area contributed by atoms with Gasteiger partial charge in [-0.3, -0.25) is 8.89 Å². The zero-order valence-corrected chi connectivity index (χ0v) is 11.6. The van der Waals surface area contributed by atoms with Gasteiger partial charge in [0.2, 0.25) is 0 Å². The van der Waals surface area contributed by atoms with Gasteiger partial charge >= 0.3 is 5.97 Å². The lowest BCUT2D eigenvalue weighted by molar-refractivity contribution is 0.0691. The molecule has 0 amide bonds. The number of aromatic nitrogens is 2. The number of carbonyl (C=O) groups is 1. The maximum Gasteiger partial charge on any atom is 0.338 e. The Balaban J connectivity index is 2.21. The highest BCUT2D eigenvalue weighted by Crippen LogP contribution is 2.16. The van der Waals surface area contributed by atoms with Gasteiger partial charge in [0.05, 0.1) is 28.3 Å². The Morgan fingerprint density at radius 1 is 1.50 bits per heavy atom. The Morgan fingerprint density at radius 2 is 2.25 bits per heavy atom. The molecule has 0 saturated heterocycles. The van der Waals surface area contributed by atoms with Crippen LogP contribution in [0.15, 0.2) is 35.5 Å². The van der Waals surface area contributed by atoms with Crippen molar-refractivity contribution < 1.29 is 18.5 Å². The monoisotopic (exact) mass is 296 g/mol. The first-order valence-corrected chi connectivity index (χ1v) is 7.25. The third kappa shape index (κ3) is 3.11. The van der Waals surface area contributed by atoms with Gasteiger partial charge in [0.25, 0.3) is 0 Å². The molecule has 5 nitrogen and oxygen atoms in total. The molecule has 0 saturated carbocycles. The van der Waals surface area contributed by atoms with Crippen LogP contribution in [0, 0.1) is 5.82 Å². The number of aryl methyl sites for hydroxylation is 1. The van der Waals surface area contributed by atoms with Crippen molar-refractivity contribution in [2.75, 3.05) is 0 Å². The predicted octanol–water partition coefficient (Wildman–Crippen LogP) is 2.05. The quantitative estimate of drug-likeness (QED) is 0.916. The van der Waals surface area contributed by atoms with E-state index in [1.54, 1.807) is 17.1 Å². The SMILES string of the molecule is CCn1cc(CS(=O)c2ccc(F)c(C(=O)O)c2)cn1. The number of hydrogen-bond donors (Lipinski definition) is 1. The molecule has 1 unspecified atom stereocenters. The standard InChI is InChI=1S/C13H13FN2O3S/c1-2-16-7-9(6-15-16)8-20(19)10-3-4-12(14)11(5-10)13(17)18/h3-7H,2,8H2,1H3,(H,17,18). The smallest absolute Gasteiger partial charge is 0.338 e. The summed E-state index contributed by atoms with van der Waals surface area (Å²) in [5, 5.41) is 12.9. The fourth-order valence-electron chi connectivity index (χ4n) is 1.70. The summed E-state index contributed by atoms with van der Waals surface area (Å²) >= 11 is 0. The highest BCUT2D eigenvalue weighted by Gasteiger charge is 2.14. The van der Waals surface area contributed by atoms with Crippen molar-refractivity contribution in [3.63, 3.8) is 0 Å². The van der Waals surface area contributed by atoms with Crippen molar-refractivity contribution in [1.29, 1.82) is 0 Å². The van der Waals surface area contributed by atoms with Crippen LogP contribution in [0.4, 0.5) is 4.39 Å². The molecule has 1 aromatic carbocycles. The van der Waals surface area contributed by atoms with Gasteiger partial charge in [-0.05, 0) is 25.1 Å². The Kier molecular flexibility index (Phi) is 4.29. The Bertz CT molecular complexity index is 669. The highest BCUT2D eigenvalue weighted by atomic mass is 32.2. The maximum atomic E-state index is 13.3. The lowest BCUT2D eigenvalue weighted by Crippen LogP contribution is -2.03. The van der Waals surface area contributed by atoms with Crippen molar-refractivity contribution in [2.45, 2.75) is 24.1 Å². The minimum absolute atomic E-state index is 0.213. The molecule has 0 aliphatic heterocycles. The zero-order valence-electron chi connectivity index (χ0n) is 10.7. The van der Waals surface area contributed by atoms with E-state index in [4.69, 9.17) is 5.11 Å². The zero-order chi connectivity index (χ0) is 14.7. The van der Waals surface area contributed by atoms with E-state index in [0.29, 0.717) is 6.54 Å². The molecule has 1 atom stereocenters. The van der Waals surface area contributed by atoms with Crippen molar-refractivity contribution in [3.8, 4) is 0 Å². The Morgan fingerprint density at radius 3 is 2.85 bits per heavy atom. The van der Waals surface area contributed by atoms with E-state index in [9.17, 15) is 13.4 Å². The molecule has 2 rings (SSSR count). The Labute approximate surface area is 117 Å². The first-order chi connectivity index (χ1) is 9.51. The van der Waals surface area contributed by atoms with Gasteiger partial charge in [-0.2, -0.15) is 5.10 Å². The van der Waals surface area contributed by atoms with Gasteiger partial charge in [-0.15, -0.1) is 0 Å². The fraction of sp³-hybridized carbons (Fsp3) is 0.231. The summed E-state index contributed by atoms with van der Waals surface area (Å²) in [7, 11) is -1.44. The number of carboxylic acid groups (broad SMARTS) is 1. The molecule has 0 aliphatic rings. The van der Waals surface area contributed by atoms with Crippen molar-refractivity contribution >= 4 is 16.8 Å². The normalized spacial score (nSPS) is 12.3. The van der Waals surface area contributed by atoms with E-state index in [-0.39, 0.29) is 10.6 Å². The number of benzene rings is 1. The number of rotatable bonds is 5. The van der Waals surface area contributed by atoms with Crippen LogP contribution >= 0.6 is 0 Å². The summed E-state index contributed by atoms with van der Waals surface area (Å²) in [4.78, 5) is 11.1. The molecule has 20 heavy (non-hydrogen) atoms. The average molecular weight is 296 g/mol. The molecule has 1 N–H and O–H groups in total. The fourth-order valence-corrected chi connectivity index (χ4v) is 2.79. The molecule has 7 heteroatoms. The van der Waals surface area contributed by atoms with E-state index in [0.717, 1.165) is 17.7 Å². The highest BCUT2D eigenvalue weighted by molar-refractivity contribution is 7.84. The summed E-state index contributed by atoms with van der Waals surface area (Å²) < 4.78 is 27.1. The molecule has 0 fully saturated rings. The van der Waals surface area contributed by atoms with Gasteiger partial charge in [0.1, 0.15) is 5.82 Å². The number of hydrogen-bond acceptors (Lipinski definition) is 3. The molecule has 106 valence electrons. The lowest BCUT2D eigenvalue weighted by Gasteiger charge is -2.03. The number of nitrogens with zero attached hydrogens (tertiary/aromatic N) is 2. The van der Waals surface area contributed by atoms with E-state index in [1.807, 2.05) is 6.92 Å². The third-order valence-corrected chi connectivity index (χ3v) is 4.11. The molecule has 1 aromatic heterocycles. The first-order valence-electron chi connectivity index (χ1n) is 5.93. The maximum absolute atomic E-state index is 13.3. The summed E-state index contributed by atoms with van der Waals surface area (Å²) in [6.45, 7) is 2.65. The van der Waals surface area contributed by atoms with Crippen LogP contribution in [-0.4, -0.2) is 25.1 Å². The number of halogens is 1. The minimum Gasteiger partial charge on any atom is -0.478 e. The summed E-state index contributed by atoms with van der Waals surface area (Å²) in [5.74, 6) is -2.00. The molecule has 0 radical (unpaired) electrons. The van der Waals surface area contributed by atoms with Crippen LogP contribution in [0.25, 0.3) is 0 Å². The predicted molar refractivity (Wildman–Crippen MR) is 71.4 cm³/mol. The van der Waals surface area contributed by atoms with Crippen molar-refractivity contribution in [3.05, 3.63) is 47.5 Å². The molecule has 1 heterocycles. The van der Waals surface area contributed by atoms with Gasteiger partial charge in [-0.25, -0.2) is 9.18 Å². The van der Waals surface area contributed by atoms with Crippen LogP contribution in [0.3, 0.4) is 0 Å². The van der Waals surface area contributed by atoms with Gasteiger partial charge in [-0.1, -0.05) is 0 Å². The van der Waals surface area contributed by atoms with Crippen LogP contribution in [0.1, 0.15) is 22.8 Å². The number of aromatic carboxylic acids is 1. The van der Waals surface area contributed by atoms with Gasteiger partial charge in [0.15, 0.2) is 0 Å². The molecule has 0 bridgehead atoms.